The van der Waals surface area contributed by atoms with Crippen molar-refractivity contribution in [1.82, 2.24) is 4.90 Å². The van der Waals surface area contributed by atoms with E-state index in [1.807, 2.05) is 5.38 Å². The molecule has 4 nitrogen and oxygen atoms in total. The molecule has 0 aromatic carbocycles. The Bertz CT molecular complexity index is 546. The third-order valence-corrected chi connectivity index (χ3v) is 5.57. The van der Waals surface area contributed by atoms with Crippen molar-refractivity contribution in [3.63, 3.8) is 0 Å². The van der Waals surface area contributed by atoms with Gasteiger partial charge in [-0.15, -0.1) is 11.3 Å². The zero-order chi connectivity index (χ0) is 14.7. The van der Waals surface area contributed by atoms with E-state index in [0.717, 1.165) is 12.5 Å². The van der Waals surface area contributed by atoms with E-state index >= 15 is 0 Å². The Kier molecular flexibility index (Phi) is 4.57. The number of carbonyl (C=O) groups excluding carboxylic acids is 1. The van der Waals surface area contributed by atoms with Crippen molar-refractivity contribution in [3.8, 4) is 6.07 Å². The molecule has 2 fully saturated rings. The number of hydrogen-bond acceptors (Lipinski definition) is 4. The number of carbonyl (C=O) groups is 1. The fraction of sp³-hybridized carbons (Fsp3) is 0.625. The number of thiophene rings is 1. The molecule has 0 spiro atoms. The van der Waals surface area contributed by atoms with E-state index in [9.17, 15) is 4.79 Å². The van der Waals surface area contributed by atoms with Crippen molar-refractivity contribution in [3.05, 3.63) is 17.0 Å². The highest BCUT2D eigenvalue weighted by Crippen LogP contribution is 2.35. The molecule has 21 heavy (non-hydrogen) atoms. The Morgan fingerprint density at radius 3 is 3.05 bits per heavy atom. The molecule has 1 aliphatic carbocycles. The number of likely N-dealkylation sites (tertiary alicyclic amines) is 1. The fourth-order valence-electron chi connectivity index (χ4n) is 3.77. The quantitative estimate of drug-likeness (QED) is 0.933. The van der Waals surface area contributed by atoms with Gasteiger partial charge in [-0.25, -0.2) is 0 Å². The Morgan fingerprint density at radius 1 is 1.38 bits per heavy atom. The number of nitrogens with one attached hydrogen (secondary N) is 1. The molecule has 1 aromatic rings. The molecule has 2 aliphatic rings. The minimum atomic E-state index is 0.0140. The zero-order valence-corrected chi connectivity index (χ0v) is 13.0. The van der Waals surface area contributed by atoms with E-state index in [1.165, 1.54) is 49.9 Å². The topological polar surface area (TPSA) is 56.1 Å². The number of nitrogens with zero attached hydrogens (tertiary/aromatic N) is 2. The van der Waals surface area contributed by atoms with E-state index in [1.54, 1.807) is 6.07 Å². The Hall–Kier alpha value is -1.38. The molecule has 0 unspecified atom stereocenters. The molecule has 0 bridgehead atoms. The highest BCUT2D eigenvalue weighted by atomic mass is 32.1. The second-order valence-electron chi connectivity index (χ2n) is 6.05. The first-order valence-corrected chi connectivity index (χ1v) is 8.67. The number of nitriles is 1. The van der Waals surface area contributed by atoms with Crippen LogP contribution in [0.5, 0.6) is 0 Å². The first kappa shape index (κ1) is 14.6. The van der Waals surface area contributed by atoms with Crippen LogP contribution in [0.15, 0.2) is 11.4 Å². The average molecular weight is 303 g/mol. The highest BCUT2D eigenvalue weighted by Gasteiger charge is 2.33. The van der Waals surface area contributed by atoms with Crippen LogP contribution < -0.4 is 5.32 Å². The SMILES string of the molecule is N#Cc1ccsc1NC(=O)CN1CCC[C@@H]2CCCC[C@@H]21. The summed E-state index contributed by atoms with van der Waals surface area (Å²) in [5.74, 6) is 0.803. The summed E-state index contributed by atoms with van der Waals surface area (Å²) in [6.45, 7) is 1.49. The first-order chi connectivity index (χ1) is 10.3. The van der Waals surface area contributed by atoms with Crippen LogP contribution in [0.1, 0.15) is 44.1 Å². The van der Waals surface area contributed by atoms with Gasteiger partial charge in [0, 0.05) is 6.04 Å². The highest BCUT2D eigenvalue weighted by molar-refractivity contribution is 7.14. The van der Waals surface area contributed by atoms with Gasteiger partial charge in [-0.1, -0.05) is 12.8 Å². The molecule has 1 amide bonds. The molecule has 1 aromatic heterocycles. The van der Waals surface area contributed by atoms with Gasteiger partial charge >= 0.3 is 0 Å². The monoisotopic (exact) mass is 303 g/mol. The lowest BCUT2D eigenvalue weighted by atomic mass is 9.78. The molecule has 3 rings (SSSR count). The standard InChI is InChI=1S/C16H21N3OS/c17-10-13-7-9-21-16(13)18-15(20)11-19-8-3-5-12-4-1-2-6-14(12)19/h7,9,12,14H,1-6,8,11H2,(H,18,20)/t12-,14-/m0/s1. The van der Waals surface area contributed by atoms with Gasteiger partial charge in [-0.2, -0.15) is 5.26 Å². The minimum Gasteiger partial charge on any atom is -0.315 e. The van der Waals surface area contributed by atoms with E-state index in [0.29, 0.717) is 23.2 Å². The summed E-state index contributed by atoms with van der Waals surface area (Å²) in [7, 11) is 0. The van der Waals surface area contributed by atoms with Crippen LogP contribution in [-0.4, -0.2) is 29.9 Å². The van der Waals surface area contributed by atoms with Gasteiger partial charge in [-0.05, 0) is 49.6 Å². The summed E-state index contributed by atoms with van der Waals surface area (Å²) in [4.78, 5) is 14.6. The number of anilines is 1. The maximum atomic E-state index is 12.3. The van der Waals surface area contributed by atoms with E-state index in [-0.39, 0.29) is 5.91 Å². The van der Waals surface area contributed by atoms with Gasteiger partial charge in [0.1, 0.15) is 11.1 Å². The molecule has 2 heterocycles. The predicted molar refractivity (Wildman–Crippen MR) is 84.2 cm³/mol. The Balaban J connectivity index is 1.60. The van der Waals surface area contributed by atoms with Gasteiger partial charge in [0.2, 0.25) is 5.91 Å². The van der Waals surface area contributed by atoms with Crippen molar-refractivity contribution in [2.45, 2.75) is 44.6 Å². The Morgan fingerprint density at radius 2 is 2.19 bits per heavy atom. The minimum absolute atomic E-state index is 0.0140. The van der Waals surface area contributed by atoms with Gasteiger partial charge < -0.3 is 5.32 Å². The van der Waals surface area contributed by atoms with Gasteiger partial charge in [0.05, 0.1) is 12.1 Å². The molecular weight excluding hydrogens is 282 g/mol. The summed E-state index contributed by atoms with van der Waals surface area (Å²) in [5, 5.41) is 14.4. The molecule has 1 saturated heterocycles. The molecule has 0 radical (unpaired) electrons. The van der Waals surface area contributed by atoms with Crippen molar-refractivity contribution in [1.29, 1.82) is 5.26 Å². The summed E-state index contributed by atoms with van der Waals surface area (Å²) in [5.41, 5.74) is 0.558. The second kappa shape index (κ2) is 6.59. The van der Waals surface area contributed by atoms with Crippen LogP contribution in [0.25, 0.3) is 0 Å². The zero-order valence-electron chi connectivity index (χ0n) is 12.2. The van der Waals surface area contributed by atoms with Crippen molar-refractivity contribution in [2.75, 3.05) is 18.4 Å². The van der Waals surface area contributed by atoms with Gasteiger partial charge in [0.25, 0.3) is 0 Å². The summed E-state index contributed by atoms with van der Waals surface area (Å²) >= 11 is 1.41. The number of fused-ring (bicyclic) bond motifs is 1. The van der Waals surface area contributed by atoms with Crippen LogP contribution >= 0.6 is 11.3 Å². The Labute approximate surface area is 129 Å². The van der Waals surface area contributed by atoms with E-state index in [2.05, 4.69) is 16.3 Å². The molecule has 5 heteroatoms. The van der Waals surface area contributed by atoms with Crippen LogP contribution in [0.3, 0.4) is 0 Å². The fourth-order valence-corrected chi connectivity index (χ4v) is 4.52. The van der Waals surface area contributed by atoms with Crippen molar-refractivity contribution in [2.24, 2.45) is 5.92 Å². The molecule has 112 valence electrons. The molecule has 1 aliphatic heterocycles. The number of hydrogen-bond donors (Lipinski definition) is 1. The van der Waals surface area contributed by atoms with Crippen LogP contribution in [0.4, 0.5) is 5.00 Å². The number of rotatable bonds is 3. The van der Waals surface area contributed by atoms with Crippen molar-refractivity contribution < 1.29 is 4.79 Å². The van der Waals surface area contributed by atoms with Gasteiger partial charge in [-0.3, -0.25) is 9.69 Å². The average Bonchev–Trinajstić information content (AvgIpc) is 2.94. The molecule has 1 saturated carbocycles. The number of amides is 1. The third kappa shape index (κ3) is 3.28. The largest absolute Gasteiger partial charge is 0.315 e. The lowest BCUT2D eigenvalue weighted by Crippen LogP contribution is -2.49. The summed E-state index contributed by atoms with van der Waals surface area (Å²) < 4.78 is 0. The first-order valence-electron chi connectivity index (χ1n) is 7.79. The normalized spacial score (nSPS) is 25.9. The smallest absolute Gasteiger partial charge is 0.239 e. The third-order valence-electron chi connectivity index (χ3n) is 4.74. The maximum Gasteiger partial charge on any atom is 0.239 e. The molecule has 1 N–H and O–H groups in total. The lowest BCUT2D eigenvalue weighted by Gasteiger charge is -2.43. The van der Waals surface area contributed by atoms with Crippen LogP contribution in [-0.2, 0) is 4.79 Å². The number of piperidine rings is 1. The van der Waals surface area contributed by atoms with Crippen LogP contribution in [0, 0.1) is 17.2 Å². The predicted octanol–water partition coefficient (Wildman–Crippen LogP) is 3.21. The molecule has 2 atom stereocenters. The van der Waals surface area contributed by atoms with Crippen LogP contribution in [0.2, 0.25) is 0 Å². The van der Waals surface area contributed by atoms with Gasteiger partial charge in [0.15, 0.2) is 0 Å². The lowest BCUT2D eigenvalue weighted by molar-refractivity contribution is -0.118. The molecular formula is C16H21N3OS. The summed E-state index contributed by atoms with van der Waals surface area (Å²) in [6, 6.07) is 4.45. The van der Waals surface area contributed by atoms with E-state index < -0.39 is 0 Å². The maximum absolute atomic E-state index is 12.3. The summed E-state index contributed by atoms with van der Waals surface area (Å²) in [6.07, 6.45) is 7.74. The van der Waals surface area contributed by atoms with Crippen molar-refractivity contribution >= 4 is 22.2 Å². The second-order valence-corrected chi connectivity index (χ2v) is 6.96. The van der Waals surface area contributed by atoms with E-state index in [4.69, 9.17) is 5.26 Å².